The van der Waals surface area contributed by atoms with Gasteiger partial charge in [-0.05, 0) is 0 Å². The van der Waals surface area contributed by atoms with Gasteiger partial charge >= 0.3 is 61.3 Å². The second kappa shape index (κ2) is 5.93. The fourth-order valence-corrected chi connectivity index (χ4v) is 1.42. The average Bonchev–Trinajstić information content (AvgIpc) is 1.80. The van der Waals surface area contributed by atoms with Crippen LogP contribution in [0.1, 0.15) is 26.2 Å². The SMILES string of the molecule is CCCC[C](=O)[Mo](=[O])(=[O])=[O].[V]. The first-order valence-corrected chi connectivity index (χ1v) is 6.43. The Balaban J connectivity index is 0. The number of hydrogen-bond acceptors (Lipinski definition) is 4. The molecule has 0 aromatic rings. The van der Waals surface area contributed by atoms with E-state index in [-0.39, 0.29) is 25.0 Å². The van der Waals surface area contributed by atoms with Crippen molar-refractivity contribution in [2.45, 2.75) is 26.2 Å². The molecule has 0 aliphatic rings. The van der Waals surface area contributed by atoms with E-state index in [0.717, 1.165) is 6.42 Å². The molecule has 0 spiro atoms. The molecule has 0 rings (SSSR count). The first kappa shape index (κ1) is 13.9. The van der Waals surface area contributed by atoms with Crippen molar-refractivity contribution < 1.29 is 49.5 Å². The van der Waals surface area contributed by atoms with E-state index in [2.05, 4.69) is 0 Å². The van der Waals surface area contributed by atoms with Gasteiger partial charge in [0.15, 0.2) is 0 Å². The molecule has 11 heavy (non-hydrogen) atoms. The maximum atomic E-state index is 10.4. The molecule has 0 heterocycles. The molecule has 0 bridgehead atoms. The number of rotatable bonds is 4. The number of unbranched alkanes of at least 4 members (excludes halogenated alkanes) is 1. The maximum Gasteiger partial charge on any atom is 0 e. The first-order chi connectivity index (χ1) is 4.48. The summed E-state index contributed by atoms with van der Waals surface area (Å²) >= 11 is -5.67. The summed E-state index contributed by atoms with van der Waals surface area (Å²) in [4.78, 5) is 10.4. The van der Waals surface area contributed by atoms with E-state index in [0.29, 0.717) is 6.42 Å². The van der Waals surface area contributed by atoms with Crippen LogP contribution in [-0.2, 0) is 49.5 Å². The van der Waals surface area contributed by atoms with Crippen molar-refractivity contribution in [1.29, 1.82) is 0 Å². The Morgan fingerprint density at radius 1 is 1.27 bits per heavy atom. The van der Waals surface area contributed by atoms with E-state index in [1.165, 1.54) is 0 Å². The summed E-state index contributed by atoms with van der Waals surface area (Å²) in [7, 11) is 0. The minimum Gasteiger partial charge on any atom is 0 e. The van der Waals surface area contributed by atoms with Crippen molar-refractivity contribution in [3.63, 3.8) is 0 Å². The third kappa shape index (κ3) is 6.73. The summed E-state index contributed by atoms with van der Waals surface area (Å²) < 4.78 is 29.0. The molecule has 0 saturated carbocycles. The molecule has 64 valence electrons. The zero-order valence-electron chi connectivity index (χ0n) is 6.11. The molecule has 0 saturated heterocycles. The van der Waals surface area contributed by atoms with Gasteiger partial charge in [-0.3, -0.25) is 0 Å². The van der Waals surface area contributed by atoms with E-state index < -0.39 is 20.1 Å². The maximum absolute atomic E-state index is 10.4. The number of carbonyl (C=O) groups is 1. The van der Waals surface area contributed by atoms with Crippen LogP contribution in [0.5, 0.6) is 0 Å². The van der Waals surface area contributed by atoms with E-state index >= 15 is 0 Å². The quantitative estimate of drug-likeness (QED) is 0.717. The molecule has 0 fully saturated rings. The zero-order chi connectivity index (χ0) is 8.20. The fourth-order valence-electron chi connectivity index (χ4n) is 0.446. The van der Waals surface area contributed by atoms with Gasteiger partial charge in [-0.25, -0.2) is 0 Å². The second-order valence-electron chi connectivity index (χ2n) is 1.93. The van der Waals surface area contributed by atoms with E-state index in [1.807, 2.05) is 6.92 Å². The van der Waals surface area contributed by atoms with Crippen molar-refractivity contribution in [2.24, 2.45) is 0 Å². The second-order valence-corrected chi connectivity index (χ2v) is 5.28. The Morgan fingerprint density at radius 3 is 2.00 bits per heavy atom. The van der Waals surface area contributed by atoms with Crippen molar-refractivity contribution in [3.8, 4) is 0 Å². The van der Waals surface area contributed by atoms with Gasteiger partial charge in [0.1, 0.15) is 0 Å². The number of carbonyl (C=O) groups excluding carboxylic acids is 1. The molecule has 0 unspecified atom stereocenters. The largest absolute Gasteiger partial charge is 0 e. The standard InChI is InChI=1S/C5H9O.Mo.3O.V/c1-2-3-4-5-6;;;;;/h2-4H2,1H3;;;;;. The summed E-state index contributed by atoms with van der Waals surface area (Å²) in [6, 6.07) is 0. The molecule has 0 N–H and O–H groups in total. The van der Waals surface area contributed by atoms with Gasteiger partial charge < -0.3 is 0 Å². The van der Waals surface area contributed by atoms with Gasteiger partial charge in [-0.15, -0.1) is 0 Å². The molecular formula is C5H9MoO4V. The Labute approximate surface area is 79.7 Å². The van der Waals surface area contributed by atoms with Crippen LogP contribution in [0.2, 0.25) is 0 Å². The summed E-state index contributed by atoms with van der Waals surface area (Å²) in [5.41, 5.74) is 0. The summed E-state index contributed by atoms with van der Waals surface area (Å²) in [6.07, 6.45) is 1.11. The van der Waals surface area contributed by atoms with Crippen molar-refractivity contribution in [3.05, 3.63) is 0 Å². The van der Waals surface area contributed by atoms with Gasteiger partial charge in [0.2, 0.25) is 0 Å². The predicted octanol–water partition coefficient (Wildman–Crippen LogP) is 0.891. The van der Waals surface area contributed by atoms with Crippen molar-refractivity contribution in [2.75, 3.05) is 0 Å². The van der Waals surface area contributed by atoms with Gasteiger partial charge in [-0.2, -0.15) is 0 Å². The summed E-state index contributed by atoms with van der Waals surface area (Å²) in [5.74, 6) is 0. The van der Waals surface area contributed by atoms with Gasteiger partial charge in [0.05, 0.1) is 0 Å². The average molecular weight is 280 g/mol. The number of hydrogen-bond donors (Lipinski definition) is 0. The third-order valence-electron chi connectivity index (χ3n) is 1.01. The summed E-state index contributed by atoms with van der Waals surface area (Å²) in [5, 5.41) is 0. The van der Waals surface area contributed by atoms with Crippen molar-refractivity contribution in [1.82, 2.24) is 0 Å². The normalized spacial score (nSPS) is 10.3. The van der Waals surface area contributed by atoms with Crippen LogP contribution in [0.3, 0.4) is 0 Å². The zero-order valence-corrected chi connectivity index (χ0v) is 9.51. The van der Waals surface area contributed by atoms with E-state index in [4.69, 9.17) is 0 Å². The molecule has 6 heteroatoms. The minimum absolute atomic E-state index is 0. The first-order valence-electron chi connectivity index (χ1n) is 2.97. The molecular weight excluding hydrogens is 271 g/mol. The fraction of sp³-hybridized carbons (Fsp3) is 0.800. The molecule has 0 aromatic carbocycles. The summed E-state index contributed by atoms with van der Waals surface area (Å²) in [6.45, 7) is 1.82. The predicted molar refractivity (Wildman–Crippen MR) is 26.6 cm³/mol. The van der Waals surface area contributed by atoms with Crippen LogP contribution in [-0.4, -0.2) is 4.17 Å². The molecule has 0 aliphatic carbocycles. The van der Waals surface area contributed by atoms with Crippen LogP contribution in [0.4, 0.5) is 0 Å². The molecule has 0 amide bonds. The van der Waals surface area contributed by atoms with Crippen molar-refractivity contribution >= 4 is 4.17 Å². The Bertz CT molecular complexity index is 246. The van der Waals surface area contributed by atoms with Crippen LogP contribution >= 0.6 is 0 Å². The topological polar surface area (TPSA) is 68.3 Å². The Kier molecular flexibility index (Phi) is 7.49. The monoisotopic (exact) mass is 282 g/mol. The van der Waals surface area contributed by atoms with Crippen LogP contribution < -0.4 is 0 Å². The van der Waals surface area contributed by atoms with E-state index in [9.17, 15) is 15.0 Å². The van der Waals surface area contributed by atoms with Gasteiger partial charge in [-0.1, -0.05) is 0 Å². The van der Waals surface area contributed by atoms with Crippen LogP contribution in [0.15, 0.2) is 0 Å². The van der Waals surface area contributed by atoms with Gasteiger partial charge in [0.25, 0.3) is 0 Å². The smallest absolute Gasteiger partial charge is 0 e. The molecule has 1 radical (unpaired) electrons. The third-order valence-corrected chi connectivity index (χ3v) is 2.89. The van der Waals surface area contributed by atoms with Crippen LogP contribution in [0.25, 0.3) is 0 Å². The Hall–Kier alpha value is 0.343. The van der Waals surface area contributed by atoms with E-state index in [1.54, 1.807) is 0 Å². The molecule has 0 aliphatic heterocycles. The molecule has 0 atom stereocenters. The minimum atomic E-state index is -5.67. The molecule has 4 nitrogen and oxygen atoms in total. The Morgan fingerprint density at radius 2 is 1.73 bits per heavy atom. The van der Waals surface area contributed by atoms with Gasteiger partial charge in [0, 0.05) is 18.6 Å². The van der Waals surface area contributed by atoms with Crippen LogP contribution in [0, 0.1) is 0 Å². The molecule has 0 aromatic heterocycles.